The Morgan fingerprint density at radius 3 is 2.35 bits per heavy atom. The van der Waals surface area contributed by atoms with Crippen molar-refractivity contribution in [2.75, 3.05) is 0 Å². The van der Waals surface area contributed by atoms with Crippen molar-refractivity contribution in [2.24, 2.45) is 0 Å². The molecule has 0 unspecified atom stereocenters. The summed E-state index contributed by atoms with van der Waals surface area (Å²) in [5, 5.41) is 12.9. The van der Waals surface area contributed by atoms with E-state index in [1.807, 2.05) is 47.0 Å². The van der Waals surface area contributed by atoms with E-state index in [0.717, 1.165) is 22.4 Å². The van der Waals surface area contributed by atoms with Crippen LogP contribution in [-0.2, 0) is 12.3 Å². The van der Waals surface area contributed by atoms with Crippen LogP contribution in [0.15, 0.2) is 102 Å². The van der Waals surface area contributed by atoms with Gasteiger partial charge in [-0.05, 0) is 71.8 Å². The highest BCUT2D eigenvalue weighted by atomic mass is 35.5. The zero-order chi connectivity index (χ0) is 25.6. The number of carbonyl (C=O) groups is 1. The second kappa shape index (κ2) is 11.4. The SMILES string of the molecule is O=C(NCc1ccncc1)c1ccc(CSc2nnc(-c3ccccc3Cl)n2-c2ccc(F)cc2)cc1. The fourth-order valence-corrected chi connectivity index (χ4v) is 4.82. The van der Waals surface area contributed by atoms with E-state index >= 15 is 0 Å². The average Bonchev–Trinajstić information content (AvgIpc) is 3.36. The van der Waals surface area contributed by atoms with E-state index in [4.69, 9.17) is 11.6 Å². The molecule has 6 nitrogen and oxygen atoms in total. The monoisotopic (exact) mass is 529 g/mol. The molecule has 5 rings (SSSR count). The fourth-order valence-electron chi connectivity index (χ4n) is 3.69. The third-order valence-electron chi connectivity index (χ3n) is 5.62. The van der Waals surface area contributed by atoms with Crippen molar-refractivity contribution >= 4 is 29.3 Å². The van der Waals surface area contributed by atoms with Gasteiger partial charge in [0.15, 0.2) is 11.0 Å². The van der Waals surface area contributed by atoms with Crippen LogP contribution in [0.3, 0.4) is 0 Å². The molecule has 2 heterocycles. The first-order valence-electron chi connectivity index (χ1n) is 11.4. The second-order valence-corrected chi connectivity index (χ2v) is 9.47. The molecule has 0 atom stereocenters. The standard InChI is InChI=1S/C28H21ClFN5OS/c29-25-4-2-1-3-24(25)26-33-34-28(35(26)23-11-9-22(30)10-12-23)37-18-20-5-7-21(8-6-20)27(36)32-17-19-13-15-31-16-14-19/h1-16H,17-18H2,(H,32,36). The number of halogens is 2. The lowest BCUT2D eigenvalue weighted by Crippen LogP contribution is -2.22. The number of benzene rings is 3. The summed E-state index contributed by atoms with van der Waals surface area (Å²) in [6.45, 7) is 0.436. The van der Waals surface area contributed by atoms with Crippen molar-refractivity contribution in [1.29, 1.82) is 0 Å². The van der Waals surface area contributed by atoms with Gasteiger partial charge in [-0.3, -0.25) is 14.3 Å². The lowest BCUT2D eigenvalue weighted by atomic mass is 10.1. The molecule has 0 bridgehead atoms. The third-order valence-corrected chi connectivity index (χ3v) is 6.95. The molecular formula is C28H21ClFN5OS. The van der Waals surface area contributed by atoms with Crippen molar-refractivity contribution in [3.8, 4) is 17.1 Å². The van der Waals surface area contributed by atoms with Gasteiger partial charge in [0, 0.05) is 41.5 Å². The largest absolute Gasteiger partial charge is 0.348 e. The normalized spacial score (nSPS) is 10.9. The third kappa shape index (κ3) is 5.87. The Labute approximate surface area is 222 Å². The summed E-state index contributed by atoms with van der Waals surface area (Å²) in [4.78, 5) is 16.5. The number of pyridine rings is 1. The molecule has 37 heavy (non-hydrogen) atoms. The summed E-state index contributed by atoms with van der Waals surface area (Å²) in [5.41, 5.74) is 4.04. The lowest BCUT2D eigenvalue weighted by molar-refractivity contribution is 0.0951. The number of hydrogen-bond donors (Lipinski definition) is 1. The van der Waals surface area contributed by atoms with E-state index in [1.54, 1.807) is 42.7 Å². The van der Waals surface area contributed by atoms with Gasteiger partial charge in [-0.25, -0.2) is 4.39 Å². The minimum absolute atomic E-state index is 0.142. The van der Waals surface area contributed by atoms with Crippen LogP contribution in [0.1, 0.15) is 21.5 Å². The second-order valence-electron chi connectivity index (χ2n) is 8.12. The zero-order valence-electron chi connectivity index (χ0n) is 19.5. The van der Waals surface area contributed by atoms with E-state index in [2.05, 4.69) is 20.5 Å². The van der Waals surface area contributed by atoms with E-state index in [1.165, 1.54) is 23.9 Å². The van der Waals surface area contributed by atoms with Crippen molar-refractivity contribution in [2.45, 2.75) is 17.5 Å². The Morgan fingerprint density at radius 1 is 0.892 bits per heavy atom. The number of carbonyl (C=O) groups excluding carboxylic acids is 1. The summed E-state index contributed by atoms with van der Waals surface area (Å²) < 4.78 is 15.5. The number of aromatic nitrogens is 4. The maximum absolute atomic E-state index is 13.6. The highest BCUT2D eigenvalue weighted by Gasteiger charge is 2.18. The molecule has 0 spiro atoms. The Balaban J connectivity index is 1.32. The van der Waals surface area contributed by atoms with Crippen molar-refractivity contribution < 1.29 is 9.18 Å². The first-order valence-corrected chi connectivity index (χ1v) is 12.8. The molecule has 184 valence electrons. The van der Waals surface area contributed by atoms with Crippen LogP contribution < -0.4 is 5.32 Å². The number of nitrogens with zero attached hydrogens (tertiary/aromatic N) is 4. The van der Waals surface area contributed by atoms with Gasteiger partial charge < -0.3 is 5.32 Å². The van der Waals surface area contributed by atoms with Crippen LogP contribution in [0.5, 0.6) is 0 Å². The molecule has 1 N–H and O–H groups in total. The van der Waals surface area contributed by atoms with Gasteiger partial charge in [-0.15, -0.1) is 10.2 Å². The number of amides is 1. The molecule has 0 fully saturated rings. The summed E-state index contributed by atoms with van der Waals surface area (Å²) >= 11 is 7.93. The molecular weight excluding hydrogens is 509 g/mol. The van der Waals surface area contributed by atoms with Crippen LogP contribution in [0, 0.1) is 5.82 Å². The summed E-state index contributed by atoms with van der Waals surface area (Å²) in [7, 11) is 0. The van der Waals surface area contributed by atoms with Crippen molar-refractivity contribution in [3.05, 3.63) is 125 Å². The van der Waals surface area contributed by atoms with E-state index in [-0.39, 0.29) is 11.7 Å². The fraction of sp³-hybridized carbons (Fsp3) is 0.0714. The van der Waals surface area contributed by atoms with Crippen LogP contribution in [-0.4, -0.2) is 25.7 Å². The van der Waals surface area contributed by atoms with E-state index in [0.29, 0.717) is 33.9 Å². The zero-order valence-corrected chi connectivity index (χ0v) is 21.1. The number of rotatable bonds is 8. The highest BCUT2D eigenvalue weighted by Crippen LogP contribution is 2.33. The van der Waals surface area contributed by atoms with E-state index < -0.39 is 0 Å². The molecule has 0 aliphatic carbocycles. The first kappa shape index (κ1) is 24.7. The van der Waals surface area contributed by atoms with Gasteiger partial charge in [-0.1, -0.05) is 47.6 Å². The van der Waals surface area contributed by atoms with Gasteiger partial charge in [0.25, 0.3) is 5.91 Å². The lowest BCUT2D eigenvalue weighted by Gasteiger charge is -2.11. The van der Waals surface area contributed by atoms with Crippen LogP contribution in [0.2, 0.25) is 5.02 Å². The quantitative estimate of drug-likeness (QED) is 0.237. The highest BCUT2D eigenvalue weighted by molar-refractivity contribution is 7.98. The van der Waals surface area contributed by atoms with Gasteiger partial charge in [0.1, 0.15) is 5.82 Å². The summed E-state index contributed by atoms with van der Waals surface area (Å²) in [6.07, 6.45) is 3.39. The molecule has 2 aromatic heterocycles. The predicted molar refractivity (Wildman–Crippen MR) is 143 cm³/mol. The predicted octanol–water partition coefficient (Wildman–Crippen LogP) is 6.34. The van der Waals surface area contributed by atoms with E-state index in [9.17, 15) is 9.18 Å². The molecule has 0 saturated heterocycles. The van der Waals surface area contributed by atoms with Crippen molar-refractivity contribution in [1.82, 2.24) is 25.1 Å². The first-order chi connectivity index (χ1) is 18.1. The number of thioether (sulfide) groups is 1. The van der Waals surface area contributed by atoms with Gasteiger partial charge >= 0.3 is 0 Å². The minimum atomic E-state index is -0.324. The molecule has 5 aromatic rings. The van der Waals surface area contributed by atoms with Crippen LogP contribution in [0.25, 0.3) is 17.1 Å². The Hall–Kier alpha value is -4.01. The molecule has 3 aromatic carbocycles. The molecule has 0 aliphatic rings. The number of nitrogens with one attached hydrogen (secondary N) is 1. The minimum Gasteiger partial charge on any atom is -0.348 e. The Morgan fingerprint density at radius 2 is 1.62 bits per heavy atom. The smallest absolute Gasteiger partial charge is 0.251 e. The van der Waals surface area contributed by atoms with Gasteiger partial charge in [0.05, 0.1) is 5.02 Å². The molecule has 0 saturated carbocycles. The topological polar surface area (TPSA) is 72.7 Å². The summed E-state index contributed by atoms with van der Waals surface area (Å²) in [5.74, 6) is 0.702. The number of hydrogen-bond acceptors (Lipinski definition) is 5. The van der Waals surface area contributed by atoms with Gasteiger partial charge in [0.2, 0.25) is 0 Å². The van der Waals surface area contributed by atoms with Crippen molar-refractivity contribution in [3.63, 3.8) is 0 Å². The molecule has 9 heteroatoms. The van der Waals surface area contributed by atoms with Crippen LogP contribution >= 0.6 is 23.4 Å². The molecule has 1 amide bonds. The Bertz CT molecular complexity index is 1510. The molecule has 0 aliphatic heterocycles. The maximum Gasteiger partial charge on any atom is 0.251 e. The maximum atomic E-state index is 13.6. The molecule has 0 radical (unpaired) electrons. The van der Waals surface area contributed by atoms with Crippen LogP contribution in [0.4, 0.5) is 4.39 Å². The average molecular weight is 530 g/mol. The Kier molecular flexibility index (Phi) is 7.58. The summed E-state index contributed by atoms with van der Waals surface area (Å²) in [6, 6.07) is 24.7. The van der Waals surface area contributed by atoms with Gasteiger partial charge in [-0.2, -0.15) is 0 Å².